The van der Waals surface area contributed by atoms with E-state index in [0.717, 1.165) is 36.3 Å². The molecule has 2 aliphatic rings. The Labute approximate surface area is 168 Å². The molecule has 1 N–H and O–H groups in total. The molecule has 1 saturated carbocycles. The van der Waals surface area contributed by atoms with Crippen molar-refractivity contribution >= 4 is 34.8 Å². The van der Waals surface area contributed by atoms with Crippen LogP contribution in [0, 0.1) is 11.8 Å². The number of benzene rings is 2. The van der Waals surface area contributed by atoms with Crippen LogP contribution in [0.25, 0.3) is 0 Å². The average Bonchev–Trinajstić information content (AvgIpc) is 2.99. The Balaban J connectivity index is 1.34. The SMILES string of the molecule is O=C(CN1C(=O)[C@H]2CCCC[C@H]2C1=O)Nc1ccc(N=Nc2ccccc2)cc1. The van der Waals surface area contributed by atoms with Crippen molar-refractivity contribution in [3.63, 3.8) is 0 Å². The Hall–Kier alpha value is -3.35. The predicted molar refractivity (Wildman–Crippen MR) is 108 cm³/mol. The van der Waals surface area contributed by atoms with Gasteiger partial charge in [0.05, 0.1) is 23.2 Å². The van der Waals surface area contributed by atoms with Gasteiger partial charge in [-0.15, -0.1) is 0 Å². The molecule has 3 amide bonds. The number of imide groups is 1. The molecule has 2 aromatic carbocycles. The molecule has 4 rings (SSSR count). The van der Waals surface area contributed by atoms with Gasteiger partial charge in [-0.3, -0.25) is 19.3 Å². The number of hydrogen-bond donors (Lipinski definition) is 1. The van der Waals surface area contributed by atoms with Crippen LogP contribution in [0.3, 0.4) is 0 Å². The van der Waals surface area contributed by atoms with Gasteiger partial charge in [-0.05, 0) is 49.2 Å². The number of nitrogens with zero attached hydrogens (tertiary/aromatic N) is 3. The van der Waals surface area contributed by atoms with Crippen molar-refractivity contribution in [3.8, 4) is 0 Å². The summed E-state index contributed by atoms with van der Waals surface area (Å²) in [5.41, 5.74) is 1.98. The lowest BCUT2D eigenvalue weighted by Crippen LogP contribution is -2.38. The number of amides is 3. The van der Waals surface area contributed by atoms with E-state index in [4.69, 9.17) is 0 Å². The van der Waals surface area contributed by atoms with Crippen LogP contribution in [-0.2, 0) is 14.4 Å². The normalized spacial score (nSPS) is 21.4. The quantitative estimate of drug-likeness (QED) is 0.612. The minimum absolute atomic E-state index is 0.202. The van der Waals surface area contributed by atoms with Crippen LogP contribution in [0.1, 0.15) is 25.7 Å². The van der Waals surface area contributed by atoms with Crippen LogP contribution in [0.5, 0.6) is 0 Å². The summed E-state index contributed by atoms with van der Waals surface area (Å²) in [6.45, 7) is -0.236. The summed E-state index contributed by atoms with van der Waals surface area (Å²) in [6.07, 6.45) is 3.42. The highest BCUT2D eigenvalue weighted by molar-refractivity contribution is 6.08. The molecule has 148 valence electrons. The monoisotopic (exact) mass is 390 g/mol. The highest BCUT2D eigenvalue weighted by atomic mass is 16.2. The summed E-state index contributed by atoms with van der Waals surface area (Å²) in [5, 5.41) is 11.0. The molecule has 7 heteroatoms. The Bertz CT molecular complexity index is 916. The molecular formula is C22H22N4O3. The van der Waals surface area contributed by atoms with E-state index < -0.39 is 0 Å². The van der Waals surface area contributed by atoms with E-state index in [2.05, 4.69) is 15.5 Å². The van der Waals surface area contributed by atoms with Crippen molar-refractivity contribution in [3.05, 3.63) is 54.6 Å². The van der Waals surface area contributed by atoms with Crippen molar-refractivity contribution < 1.29 is 14.4 Å². The van der Waals surface area contributed by atoms with Crippen LogP contribution in [-0.4, -0.2) is 29.2 Å². The number of hydrogen-bond acceptors (Lipinski definition) is 5. The second-order valence-electron chi connectivity index (χ2n) is 7.39. The smallest absolute Gasteiger partial charge is 0.244 e. The molecule has 2 aromatic rings. The van der Waals surface area contributed by atoms with E-state index >= 15 is 0 Å². The summed E-state index contributed by atoms with van der Waals surface area (Å²) < 4.78 is 0. The summed E-state index contributed by atoms with van der Waals surface area (Å²) in [4.78, 5) is 38.4. The van der Waals surface area contributed by atoms with Crippen LogP contribution in [0.2, 0.25) is 0 Å². The van der Waals surface area contributed by atoms with Crippen molar-refractivity contribution in [2.24, 2.45) is 22.1 Å². The highest BCUT2D eigenvalue weighted by Gasteiger charge is 2.48. The first-order valence-corrected chi connectivity index (χ1v) is 9.84. The van der Waals surface area contributed by atoms with E-state index in [1.54, 1.807) is 24.3 Å². The average molecular weight is 390 g/mol. The highest BCUT2D eigenvalue weighted by Crippen LogP contribution is 2.37. The molecule has 7 nitrogen and oxygen atoms in total. The van der Waals surface area contributed by atoms with E-state index in [-0.39, 0.29) is 36.1 Å². The largest absolute Gasteiger partial charge is 0.325 e. The molecule has 1 aliphatic heterocycles. The standard InChI is InChI=1S/C22H22N4O3/c27-20(14-26-21(28)18-8-4-5-9-19(18)22(26)29)23-15-10-12-17(13-11-15)25-24-16-6-2-1-3-7-16/h1-3,6-7,10-13,18-19H,4-5,8-9,14H2,(H,23,27)/t18-,19+. The molecule has 1 aliphatic carbocycles. The molecule has 0 aromatic heterocycles. The second-order valence-corrected chi connectivity index (χ2v) is 7.39. The van der Waals surface area contributed by atoms with Crippen LogP contribution < -0.4 is 5.32 Å². The number of rotatable bonds is 5. The molecule has 0 bridgehead atoms. The number of carbonyl (C=O) groups excluding carboxylic acids is 3. The van der Waals surface area contributed by atoms with Gasteiger partial charge >= 0.3 is 0 Å². The maximum absolute atomic E-state index is 12.5. The van der Waals surface area contributed by atoms with Crippen LogP contribution in [0.4, 0.5) is 17.1 Å². The zero-order valence-corrected chi connectivity index (χ0v) is 16.0. The third-order valence-electron chi connectivity index (χ3n) is 5.42. The zero-order chi connectivity index (χ0) is 20.2. The van der Waals surface area contributed by atoms with Crippen molar-refractivity contribution in [2.45, 2.75) is 25.7 Å². The summed E-state index contributed by atoms with van der Waals surface area (Å²) in [7, 11) is 0. The summed E-state index contributed by atoms with van der Waals surface area (Å²) in [6, 6.07) is 16.3. The molecule has 29 heavy (non-hydrogen) atoms. The number of fused-ring (bicyclic) bond motifs is 1. The molecule has 0 radical (unpaired) electrons. The lowest BCUT2D eigenvalue weighted by atomic mass is 9.81. The maximum Gasteiger partial charge on any atom is 0.244 e. The van der Waals surface area contributed by atoms with Crippen molar-refractivity contribution in [1.29, 1.82) is 0 Å². The van der Waals surface area contributed by atoms with E-state index in [1.165, 1.54) is 0 Å². The molecule has 2 atom stereocenters. The van der Waals surface area contributed by atoms with Gasteiger partial charge in [0.15, 0.2) is 0 Å². The number of carbonyl (C=O) groups is 3. The van der Waals surface area contributed by atoms with Gasteiger partial charge in [-0.1, -0.05) is 31.0 Å². The van der Waals surface area contributed by atoms with Gasteiger partial charge in [0, 0.05) is 5.69 Å². The Morgan fingerprint density at radius 2 is 1.41 bits per heavy atom. The van der Waals surface area contributed by atoms with Crippen LogP contribution in [0.15, 0.2) is 64.8 Å². The zero-order valence-electron chi connectivity index (χ0n) is 16.0. The van der Waals surface area contributed by atoms with E-state index in [9.17, 15) is 14.4 Å². The number of anilines is 1. The van der Waals surface area contributed by atoms with Gasteiger partial charge in [-0.2, -0.15) is 10.2 Å². The third kappa shape index (κ3) is 4.23. The lowest BCUT2D eigenvalue weighted by molar-refractivity contribution is -0.142. The van der Waals surface area contributed by atoms with E-state index in [0.29, 0.717) is 11.4 Å². The minimum Gasteiger partial charge on any atom is -0.325 e. The fourth-order valence-electron chi connectivity index (χ4n) is 3.95. The van der Waals surface area contributed by atoms with Gasteiger partial charge in [0.25, 0.3) is 0 Å². The first-order chi connectivity index (χ1) is 14.1. The minimum atomic E-state index is -0.385. The number of nitrogens with one attached hydrogen (secondary N) is 1. The number of likely N-dealkylation sites (tertiary alicyclic amines) is 1. The first-order valence-electron chi connectivity index (χ1n) is 9.84. The van der Waals surface area contributed by atoms with Crippen LogP contribution >= 0.6 is 0 Å². The Morgan fingerprint density at radius 3 is 2.00 bits per heavy atom. The lowest BCUT2D eigenvalue weighted by Gasteiger charge is -2.19. The topological polar surface area (TPSA) is 91.2 Å². The fraction of sp³-hybridized carbons (Fsp3) is 0.318. The molecule has 1 heterocycles. The number of azo groups is 1. The Morgan fingerprint density at radius 1 is 0.862 bits per heavy atom. The molecule has 1 saturated heterocycles. The van der Waals surface area contributed by atoms with Gasteiger partial charge < -0.3 is 5.32 Å². The first kappa shape index (κ1) is 19.0. The maximum atomic E-state index is 12.5. The second kappa shape index (κ2) is 8.34. The summed E-state index contributed by atoms with van der Waals surface area (Å²) in [5.74, 6) is -1.27. The molecular weight excluding hydrogens is 368 g/mol. The van der Waals surface area contributed by atoms with E-state index in [1.807, 2.05) is 30.3 Å². The Kier molecular flexibility index (Phi) is 5.46. The molecule has 2 fully saturated rings. The fourth-order valence-corrected chi connectivity index (χ4v) is 3.95. The van der Waals surface area contributed by atoms with Gasteiger partial charge in [0.1, 0.15) is 6.54 Å². The van der Waals surface area contributed by atoms with Gasteiger partial charge in [-0.25, -0.2) is 0 Å². The van der Waals surface area contributed by atoms with Crippen molar-refractivity contribution in [1.82, 2.24) is 4.90 Å². The third-order valence-corrected chi connectivity index (χ3v) is 5.42. The molecule has 0 spiro atoms. The van der Waals surface area contributed by atoms with Gasteiger partial charge in [0.2, 0.25) is 17.7 Å². The van der Waals surface area contributed by atoms with Crippen molar-refractivity contribution in [2.75, 3.05) is 11.9 Å². The predicted octanol–water partition coefficient (Wildman–Crippen LogP) is 4.22. The summed E-state index contributed by atoms with van der Waals surface area (Å²) >= 11 is 0. The molecule has 0 unspecified atom stereocenters.